The Bertz CT molecular complexity index is 595. The lowest BCUT2D eigenvalue weighted by Gasteiger charge is -2.15. The third-order valence-corrected chi connectivity index (χ3v) is 3.75. The summed E-state index contributed by atoms with van der Waals surface area (Å²) in [6.07, 6.45) is 0. The van der Waals surface area contributed by atoms with Gasteiger partial charge in [0.15, 0.2) is 0 Å². The molecule has 2 rings (SSSR count). The smallest absolute Gasteiger partial charge is 0.122 e. The Balaban J connectivity index is 2.37. The largest absolute Gasteiger partial charge is 0.496 e. The first-order valence-electron chi connectivity index (χ1n) is 6.19. The van der Waals surface area contributed by atoms with E-state index in [0.29, 0.717) is 0 Å². The van der Waals surface area contributed by atoms with Crippen molar-refractivity contribution in [3.8, 4) is 5.75 Å². The molecule has 3 heteroatoms. The number of nitrogens with two attached hydrogens (primary N) is 1. The second-order valence-corrected chi connectivity index (χ2v) is 5.12. The van der Waals surface area contributed by atoms with Gasteiger partial charge in [-0.25, -0.2) is 0 Å². The fraction of sp³-hybridized carbons (Fsp3) is 0.250. The van der Waals surface area contributed by atoms with Crippen molar-refractivity contribution >= 4 is 11.6 Å². The Hall–Kier alpha value is -1.51. The second kappa shape index (κ2) is 5.64. The lowest BCUT2D eigenvalue weighted by atomic mass is 9.97. The van der Waals surface area contributed by atoms with E-state index in [1.165, 1.54) is 0 Å². The molecule has 0 aromatic heterocycles. The Morgan fingerprint density at radius 3 is 2.16 bits per heavy atom. The van der Waals surface area contributed by atoms with Gasteiger partial charge >= 0.3 is 0 Å². The van der Waals surface area contributed by atoms with Gasteiger partial charge in [0.05, 0.1) is 13.2 Å². The minimum Gasteiger partial charge on any atom is -0.496 e. The molecule has 0 aliphatic heterocycles. The number of aryl methyl sites for hydroxylation is 2. The molecule has 0 radical (unpaired) electrons. The first-order chi connectivity index (χ1) is 9.02. The van der Waals surface area contributed by atoms with Crippen LogP contribution in [0.5, 0.6) is 5.75 Å². The van der Waals surface area contributed by atoms with E-state index in [0.717, 1.165) is 33.0 Å². The molecule has 0 heterocycles. The van der Waals surface area contributed by atoms with Gasteiger partial charge in [-0.1, -0.05) is 35.9 Å². The Kier molecular flexibility index (Phi) is 4.13. The number of rotatable bonds is 3. The standard InChI is InChI=1S/C16H18ClNO/c1-10-4-6-12(8-14(10)17)16(18)13-7-5-11(2)15(9-13)19-3/h4-9,16H,18H2,1-3H3. The van der Waals surface area contributed by atoms with Gasteiger partial charge < -0.3 is 10.5 Å². The number of hydrogen-bond donors (Lipinski definition) is 1. The molecule has 2 aromatic carbocycles. The molecule has 0 aliphatic rings. The SMILES string of the molecule is COc1cc(C(N)c2ccc(C)c(Cl)c2)ccc1C. The Morgan fingerprint density at radius 1 is 1.00 bits per heavy atom. The molecule has 0 fully saturated rings. The molecule has 0 bridgehead atoms. The minimum atomic E-state index is -0.201. The Labute approximate surface area is 119 Å². The van der Waals surface area contributed by atoms with Crippen LogP contribution in [0.4, 0.5) is 0 Å². The van der Waals surface area contributed by atoms with Crippen LogP contribution >= 0.6 is 11.6 Å². The van der Waals surface area contributed by atoms with Gasteiger partial charge in [-0.15, -0.1) is 0 Å². The van der Waals surface area contributed by atoms with E-state index >= 15 is 0 Å². The maximum atomic E-state index is 6.29. The second-order valence-electron chi connectivity index (χ2n) is 4.72. The van der Waals surface area contributed by atoms with E-state index in [2.05, 4.69) is 0 Å². The lowest BCUT2D eigenvalue weighted by Crippen LogP contribution is -2.12. The van der Waals surface area contributed by atoms with E-state index < -0.39 is 0 Å². The van der Waals surface area contributed by atoms with Crippen LogP contribution in [0.3, 0.4) is 0 Å². The van der Waals surface area contributed by atoms with Gasteiger partial charge in [0, 0.05) is 5.02 Å². The van der Waals surface area contributed by atoms with Crippen LogP contribution in [0.2, 0.25) is 5.02 Å². The van der Waals surface area contributed by atoms with E-state index in [1.54, 1.807) is 7.11 Å². The predicted molar refractivity (Wildman–Crippen MR) is 80.0 cm³/mol. The van der Waals surface area contributed by atoms with E-state index in [1.807, 2.05) is 50.2 Å². The highest BCUT2D eigenvalue weighted by atomic mass is 35.5. The van der Waals surface area contributed by atoms with E-state index in [9.17, 15) is 0 Å². The van der Waals surface area contributed by atoms with Gasteiger partial charge in [0.2, 0.25) is 0 Å². The van der Waals surface area contributed by atoms with Crippen molar-refractivity contribution in [2.24, 2.45) is 5.73 Å². The summed E-state index contributed by atoms with van der Waals surface area (Å²) in [7, 11) is 1.67. The third-order valence-electron chi connectivity index (χ3n) is 3.35. The molecule has 2 nitrogen and oxygen atoms in total. The zero-order chi connectivity index (χ0) is 14.0. The zero-order valence-electron chi connectivity index (χ0n) is 11.4. The van der Waals surface area contributed by atoms with Crippen LogP contribution < -0.4 is 10.5 Å². The van der Waals surface area contributed by atoms with Crippen molar-refractivity contribution in [1.82, 2.24) is 0 Å². The minimum absolute atomic E-state index is 0.201. The molecule has 0 saturated carbocycles. The molecule has 1 atom stereocenters. The van der Waals surface area contributed by atoms with Crippen molar-refractivity contribution in [1.29, 1.82) is 0 Å². The summed E-state index contributed by atoms with van der Waals surface area (Å²) < 4.78 is 5.33. The van der Waals surface area contributed by atoms with Crippen LogP contribution in [0.1, 0.15) is 28.3 Å². The maximum Gasteiger partial charge on any atom is 0.122 e. The highest BCUT2D eigenvalue weighted by Gasteiger charge is 2.12. The fourth-order valence-electron chi connectivity index (χ4n) is 2.03. The number of benzene rings is 2. The lowest BCUT2D eigenvalue weighted by molar-refractivity contribution is 0.411. The first kappa shape index (κ1) is 13.9. The third kappa shape index (κ3) is 2.91. The molecule has 100 valence electrons. The van der Waals surface area contributed by atoms with Crippen molar-refractivity contribution in [2.75, 3.05) is 7.11 Å². The predicted octanol–water partition coefficient (Wildman–Crippen LogP) is 4.01. The van der Waals surface area contributed by atoms with Crippen LogP contribution in [0.15, 0.2) is 36.4 Å². The van der Waals surface area contributed by atoms with E-state index in [-0.39, 0.29) is 6.04 Å². The van der Waals surface area contributed by atoms with Gasteiger partial charge in [0.25, 0.3) is 0 Å². The van der Waals surface area contributed by atoms with E-state index in [4.69, 9.17) is 22.1 Å². The summed E-state index contributed by atoms with van der Waals surface area (Å²) in [4.78, 5) is 0. The Morgan fingerprint density at radius 2 is 1.58 bits per heavy atom. The quantitative estimate of drug-likeness (QED) is 0.918. The summed E-state index contributed by atoms with van der Waals surface area (Å²) in [5.41, 5.74) is 10.5. The number of halogens is 1. The van der Waals surface area contributed by atoms with Crippen molar-refractivity contribution in [2.45, 2.75) is 19.9 Å². The van der Waals surface area contributed by atoms with Gasteiger partial charge in [-0.3, -0.25) is 0 Å². The normalized spacial score (nSPS) is 12.3. The maximum absolute atomic E-state index is 6.29. The topological polar surface area (TPSA) is 35.2 Å². The fourth-order valence-corrected chi connectivity index (χ4v) is 2.21. The van der Waals surface area contributed by atoms with Crippen LogP contribution in [0, 0.1) is 13.8 Å². The summed E-state index contributed by atoms with van der Waals surface area (Å²) in [5, 5.41) is 0.743. The molecule has 19 heavy (non-hydrogen) atoms. The number of hydrogen-bond acceptors (Lipinski definition) is 2. The molecule has 1 unspecified atom stereocenters. The molecule has 0 amide bonds. The van der Waals surface area contributed by atoms with Crippen molar-refractivity contribution < 1.29 is 4.74 Å². The van der Waals surface area contributed by atoms with Crippen molar-refractivity contribution in [3.05, 3.63) is 63.7 Å². The molecule has 2 aromatic rings. The van der Waals surface area contributed by atoms with Crippen LogP contribution in [-0.2, 0) is 0 Å². The molecule has 2 N–H and O–H groups in total. The summed E-state index contributed by atoms with van der Waals surface area (Å²) in [6, 6.07) is 11.7. The molecular weight excluding hydrogens is 258 g/mol. The highest BCUT2D eigenvalue weighted by Crippen LogP contribution is 2.28. The average Bonchev–Trinajstić information content (AvgIpc) is 2.41. The van der Waals surface area contributed by atoms with Crippen LogP contribution in [-0.4, -0.2) is 7.11 Å². The zero-order valence-corrected chi connectivity index (χ0v) is 12.2. The summed E-state index contributed by atoms with van der Waals surface area (Å²) in [5.74, 6) is 0.853. The molecular formula is C16H18ClNO. The van der Waals surface area contributed by atoms with Crippen LogP contribution in [0.25, 0.3) is 0 Å². The molecule has 0 spiro atoms. The molecule has 0 aliphatic carbocycles. The molecule has 0 saturated heterocycles. The average molecular weight is 276 g/mol. The summed E-state index contributed by atoms with van der Waals surface area (Å²) >= 11 is 6.15. The number of ether oxygens (including phenoxy) is 1. The highest BCUT2D eigenvalue weighted by molar-refractivity contribution is 6.31. The van der Waals surface area contributed by atoms with Crippen molar-refractivity contribution in [3.63, 3.8) is 0 Å². The monoisotopic (exact) mass is 275 g/mol. The first-order valence-corrected chi connectivity index (χ1v) is 6.57. The van der Waals surface area contributed by atoms with Gasteiger partial charge in [-0.05, 0) is 48.2 Å². The van der Waals surface area contributed by atoms with Gasteiger partial charge in [-0.2, -0.15) is 0 Å². The van der Waals surface area contributed by atoms with Gasteiger partial charge in [0.1, 0.15) is 5.75 Å². The number of methoxy groups -OCH3 is 1. The summed E-state index contributed by atoms with van der Waals surface area (Å²) in [6.45, 7) is 3.99.